The highest BCUT2D eigenvalue weighted by Gasteiger charge is 2.62. The van der Waals surface area contributed by atoms with E-state index in [0.29, 0.717) is 41.7 Å². The highest BCUT2D eigenvalue weighted by molar-refractivity contribution is 5.90. The molecule has 4 aliphatic carbocycles. The fraction of sp³-hybridized carbons (Fsp3) is 0.926. The van der Waals surface area contributed by atoms with E-state index in [4.69, 9.17) is 0 Å². The Morgan fingerprint density at radius 2 is 1.62 bits per heavy atom. The maximum Gasteiger partial charge on any atom is 0.137 e. The Balaban J connectivity index is 1.51. The van der Waals surface area contributed by atoms with Gasteiger partial charge >= 0.3 is 0 Å². The summed E-state index contributed by atoms with van der Waals surface area (Å²) in [7, 11) is 0. The van der Waals surface area contributed by atoms with Crippen LogP contribution in [0.15, 0.2) is 0 Å². The molecule has 0 bridgehead atoms. The largest absolute Gasteiger partial charge is 0.300 e. The molecule has 0 unspecified atom stereocenters. The van der Waals surface area contributed by atoms with Crippen LogP contribution in [0.3, 0.4) is 0 Å². The first-order valence-electron chi connectivity index (χ1n) is 12.7. The van der Waals surface area contributed by atoms with Crippen molar-refractivity contribution in [3.05, 3.63) is 0 Å². The van der Waals surface area contributed by atoms with E-state index < -0.39 is 0 Å². The molecule has 0 aromatic rings. The fourth-order valence-electron chi connectivity index (χ4n) is 8.86. The van der Waals surface area contributed by atoms with Gasteiger partial charge in [-0.15, -0.1) is 0 Å². The lowest BCUT2D eigenvalue weighted by Gasteiger charge is -2.59. The van der Waals surface area contributed by atoms with Gasteiger partial charge in [-0.05, 0) is 78.4 Å². The van der Waals surface area contributed by atoms with Gasteiger partial charge in [0.05, 0.1) is 0 Å². The molecule has 2 heteroatoms. The van der Waals surface area contributed by atoms with Gasteiger partial charge in [-0.25, -0.2) is 0 Å². The van der Waals surface area contributed by atoms with Crippen molar-refractivity contribution in [3.63, 3.8) is 0 Å². The van der Waals surface area contributed by atoms with Gasteiger partial charge in [0.15, 0.2) is 0 Å². The van der Waals surface area contributed by atoms with Crippen LogP contribution in [-0.4, -0.2) is 11.6 Å². The second-order valence-electron chi connectivity index (χ2n) is 12.4. The topological polar surface area (TPSA) is 34.1 Å². The summed E-state index contributed by atoms with van der Waals surface area (Å²) in [6.07, 6.45) is 12.4. The van der Waals surface area contributed by atoms with Crippen molar-refractivity contribution in [1.82, 2.24) is 0 Å². The molecule has 0 N–H and O–H groups in total. The van der Waals surface area contributed by atoms with E-state index in [-0.39, 0.29) is 11.3 Å². The van der Waals surface area contributed by atoms with Gasteiger partial charge in [0.2, 0.25) is 0 Å². The van der Waals surface area contributed by atoms with Crippen molar-refractivity contribution in [2.24, 2.45) is 52.3 Å². The number of hydrogen-bond donors (Lipinski definition) is 0. The lowest BCUT2D eigenvalue weighted by Crippen LogP contribution is -2.56. The minimum absolute atomic E-state index is 0.0292. The number of fused-ring (bicyclic) bond motifs is 5. The second kappa shape index (κ2) is 7.79. The van der Waals surface area contributed by atoms with Crippen molar-refractivity contribution in [1.29, 1.82) is 0 Å². The normalized spacial score (nSPS) is 45.7. The van der Waals surface area contributed by atoms with Gasteiger partial charge in [-0.2, -0.15) is 0 Å². The van der Waals surface area contributed by atoms with E-state index in [0.717, 1.165) is 36.5 Å². The van der Waals surface area contributed by atoms with Gasteiger partial charge in [0, 0.05) is 25.2 Å². The number of Topliss-reactive ketones (excluding diaryl/α,β-unsaturated/α-hetero) is 2. The van der Waals surface area contributed by atoms with Crippen molar-refractivity contribution in [2.45, 2.75) is 105 Å². The first-order valence-corrected chi connectivity index (χ1v) is 12.7. The van der Waals surface area contributed by atoms with Gasteiger partial charge < -0.3 is 0 Å². The molecule has 4 rings (SSSR count). The molecule has 0 saturated heterocycles. The van der Waals surface area contributed by atoms with Crippen LogP contribution in [0.4, 0.5) is 0 Å². The summed E-state index contributed by atoms with van der Waals surface area (Å²) < 4.78 is 0. The molecule has 0 heterocycles. The van der Waals surface area contributed by atoms with Crippen LogP contribution < -0.4 is 0 Å². The predicted molar refractivity (Wildman–Crippen MR) is 118 cm³/mol. The molecule has 0 spiro atoms. The highest BCUT2D eigenvalue weighted by Crippen LogP contribution is 2.67. The molecule has 0 aromatic heterocycles. The Morgan fingerprint density at radius 1 is 0.897 bits per heavy atom. The van der Waals surface area contributed by atoms with E-state index in [2.05, 4.69) is 34.6 Å². The van der Waals surface area contributed by atoms with Crippen LogP contribution in [0, 0.1) is 52.3 Å². The van der Waals surface area contributed by atoms with Crippen LogP contribution in [0.25, 0.3) is 0 Å². The summed E-state index contributed by atoms with van der Waals surface area (Å²) in [5.74, 6) is 5.25. The molecule has 29 heavy (non-hydrogen) atoms. The zero-order chi connectivity index (χ0) is 21.0. The van der Waals surface area contributed by atoms with Crippen LogP contribution in [0.1, 0.15) is 105 Å². The minimum atomic E-state index is 0.0292. The third-order valence-electron chi connectivity index (χ3n) is 10.5. The number of ketones is 2. The third-order valence-corrected chi connectivity index (χ3v) is 10.5. The Morgan fingerprint density at radius 3 is 2.34 bits per heavy atom. The molecule has 4 saturated carbocycles. The summed E-state index contributed by atoms with van der Waals surface area (Å²) in [5, 5.41) is 0. The molecule has 0 aromatic carbocycles. The van der Waals surface area contributed by atoms with E-state index in [1.54, 1.807) is 0 Å². The predicted octanol–water partition coefficient (Wildman–Crippen LogP) is 6.86. The average molecular weight is 401 g/mol. The number of hydrogen-bond acceptors (Lipinski definition) is 2. The maximum absolute atomic E-state index is 13.2. The Labute approximate surface area is 179 Å². The van der Waals surface area contributed by atoms with Crippen LogP contribution in [0.5, 0.6) is 0 Å². The molecule has 0 radical (unpaired) electrons. The summed E-state index contributed by atoms with van der Waals surface area (Å²) in [4.78, 5) is 25.3. The zero-order valence-corrected chi connectivity index (χ0v) is 19.6. The SMILES string of the molecule is CC(C)CCC[C@@H](C)[C@@H]1CC[C@@H]2[C@@H]3CC(=O)[C@H]4CC(=O)CC[C@]4(C)[C@@H]3CC[C@]21C. The Hall–Kier alpha value is -0.660. The molecule has 8 atom stereocenters. The molecule has 164 valence electrons. The summed E-state index contributed by atoms with van der Waals surface area (Å²) in [6, 6.07) is 0. The van der Waals surface area contributed by atoms with Crippen molar-refractivity contribution in [3.8, 4) is 0 Å². The molecule has 4 fully saturated rings. The highest BCUT2D eigenvalue weighted by atomic mass is 16.1. The number of rotatable bonds is 5. The van der Waals surface area contributed by atoms with Crippen LogP contribution in [-0.2, 0) is 9.59 Å². The molecular formula is C27H44O2. The summed E-state index contributed by atoms with van der Waals surface area (Å²) in [6.45, 7) is 12.2. The van der Waals surface area contributed by atoms with Crippen LogP contribution in [0.2, 0.25) is 0 Å². The van der Waals surface area contributed by atoms with Gasteiger partial charge in [0.1, 0.15) is 11.6 Å². The number of carbonyl (C=O) groups is 2. The maximum atomic E-state index is 13.2. The fourth-order valence-corrected chi connectivity index (χ4v) is 8.86. The molecule has 0 aliphatic heterocycles. The van der Waals surface area contributed by atoms with Crippen LogP contribution >= 0.6 is 0 Å². The monoisotopic (exact) mass is 400 g/mol. The van der Waals surface area contributed by atoms with E-state index in [1.807, 2.05) is 0 Å². The summed E-state index contributed by atoms with van der Waals surface area (Å²) in [5.41, 5.74) is 0.530. The zero-order valence-electron chi connectivity index (χ0n) is 19.6. The van der Waals surface area contributed by atoms with E-state index in [1.165, 1.54) is 44.9 Å². The molecule has 2 nitrogen and oxygen atoms in total. The number of carbonyl (C=O) groups excluding carboxylic acids is 2. The van der Waals surface area contributed by atoms with Crippen molar-refractivity contribution in [2.75, 3.05) is 0 Å². The molecular weight excluding hydrogens is 356 g/mol. The molecule has 4 aliphatic rings. The van der Waals surface area contributed by atoms with Gasteiger partial charge in [-0.3, -0.25) is 9.59 Å². The summed E-state index contributed by atoms with van der Waals surface area (Å²) >= 11 is 0. The average Bonchev–Trinajstić information content (AvgIpc) is 3.00. The lowest BCUT2D eigenvalue weighted by molar-refractivity contribution is -0.159. The standard InChI is InChI=1S/C27H44O2/c1-17(2)7-6-8-18(3)21-9-10-22-20-16-25(29)24-15-19(28)11-13-27(24,5)23(20)12-14-26(21,22)4/h17-18,20-24H,6-16H2,1-5H3/t18-,20+,21+,22-,23-,24-,26+,27-/m1/s1. The molecule has 0 amide bonds. The van der Waals surface area contributed by atoms with Crippen molar-refractivity contribution >= 4 is 11.6 Å². The van der Waals surface area contributed by atoms with E-state index in [9.17, 15) is 9.59 Å². The smallest absolute Gasteiger partial charge is 0.137 e. The van der Waals surface area contributed by atoms with E-state index >= 15 is 0 Å². The first-order chi connectivity index (χ1) is 13.7. The van der Waals surface area contributed by atoms with Crippen molar-refractivity contribution < 1.29 is 9.59 Å². The second-order valence-corrected chi connectivity index (χ2v) is 12.4. The minimum Gasteiger partial charge on any atom is -0.300 e. The quantitative estimate of drug-likeness (QED) is 0.505. The Bertz CT molecular complexity index is 651. The van der Waals surface area contributed by atoms with Gasteiger partial charge in [-0.1, -0.05) is 53.9 Å². The third kappa shape index (κ3) is 3.55. The lowest BCUT2D eigenvalue weighted by atomic mass is 9.44. The Kier molecular flexibility index (Phi) is 5.79. The van der Waals surface area contributed by atoms with Gasteiger partial charge in [0.25, 0.3) is 0 Å². The first kappa shape index (κ1) is 21.6.